The molecule has 1 fully saturated rings. The molecule has 2 rings (SSSR count). The summed E-state index contributed by atoms with van der Waals surface area (Å²) in [6.07, 6.45) is 0.797. The Labute approximate surface area is 116 Å². The summed E-state index contributed by atoms with van der Waals surface area (Å²) in [6, 6.07) is 5.13. The molecule has 2 unspecified atom stereocenters. The molecule has 1 heterocycles. The van der Waals surface area contributed by atoms with E-state index in [1.165, 1.54) is 24.3 Å². The monoisotopic (exact) mass is 275 g/mol. The van der Waals surface area contributed by atoms with E-state index in [1.54, 1.807) is 0 Å². The van der Waals surface area contributed by atoms with Crippen LogP contribution in [0.3, 0.4) is 0 Å². The van der Waals surface area contributed by atoms with Gasteiger partial charge in [0.05, 0.1) is 5.69 Å². The van der Waals surface area contributed by atoms with E-state index < -0.39 is 18.0 Å². The van der Waals surface area contributed by atoms with Gasteiger partial charge in [-0.2, -0.15) is 0 Å². The molecule has 1 aliphatic heterocycles. The van der Waals surface area contributed by atoms with Crippen molar-refractivity contribution >= 4 is 23.5 Å². The second kappa shape index (κ2) is 5.32. The highest BCUT2D eigenvalue weighted by molar-refractivity contribution is 6.21. The Morgan fingerprint density at radius 1 is 1.35 bits per heavy atom. The highest BCUT2D eigenvalue weighted by atomic mass is 16.2. The average Bonchev–Trinajstić information content (AvgIpc) is 2.73. The quantitative estimate of drug-likeness (QED) is 0.810. The first kappa shape index (κ1) is 14.0. The van der Waals surface area contributed by atoms with Crippen molar-refractivity contribution in [2.45, 2.75) is 26.3 Å². The van der Waals surface area contributed by atoms with Gasteiger partial charge in [0.2, 0.25) is 5.91 Å². The maximum Gasteiger partial charge on any atom is 0.329 e. The number of carbonyl (C=O) groups is 3. The third kappa shape index (κ3) is 2.36. The summed E-state index contributed by atoms with van der Waals surface area (Å²) in [5, 5.41) is 2.69. The van der Waals surface area contributed by atoms with Crippen molar-refractivity contribution in [1.29, 1.82) is 0 Å². The number of hydrogen-bond donors (Lipinski definition) is 2. The highest BCUT2D eigenvalue weighted by Gasteiger charge is 2.41. The van der Waals surface area contributed by atoms with E-state index >= 15 is 0 Å². The Morgan fingerprint density at radius 3 is 2.45 bits per heavy atom. The number of carbonyl (C=O) groups excluding carboxylic acids is 3. The molecule has 1 aromatic carbocycles. The zero-order chi connectivity index (χ0) is 14.9. The molecule has 2 atom stereocenters. The topological polar surface area (TPSA) is 92.5 Å². The molecule has 0 aromatic heterocycles. The summed E-state index contributed by atoms with van der Waals surface area (Å²) in [5.74, 6) is -0.747. The van der Waals surface area contributed by atoms with Gasteiger partial charge < -0.3 is 11.1 Å². The maximum atomic E-state index is 12.3. The predicted molar refractivity (Wildman–Crippen MR) is 74.2 cm³/mol. The van der Waals surface area contributed by atoms with Crippen LogP contribution in [0.4, 0.5) is 10.5 Å². The molecule has 0 spiro atoms. The minimum atomic E-state index is -0.550. The number of nitrogens with zero attached hydrogens (tertiary/aromatic N) is 1. The van der Waals surface area contributed by atoms with Crippen LogP contribution in [0, 0.1) is 5.92 Å². The van der Waals surface area contributed by atoms with Crippen molar-refractivity contribution in [2.75, 3.05) is 4.90 Å². The van der Waals surface area contributed by atoms with Crippen molar-refractivity contribution < 1.29 is 14.4 Å². The number of amides is 4. The molecule has 4 amide bonds. The lowest BCUT2D eigenvalue weighted by molar-refractivity contribution is -0.119. The van der Waals surface area contributed by atoms with E-state index in [-0.39, 0.29) is 11.8 Å². The van der Waals surface area contributed by atoms with Gasteiger partial charge in [0.1, 0.15) is 6.04 Å². The van der Waals surface area contributed by atoms with Crippen molar-refractivity contribution in [3.63, 3.8) is 0 Å². The van der Waals surface area contributed by atoms with Crippen LogP contribution < -0.4 is 16.0 Å². The molecule has 0 aliphatic carbocycles. The largest absolute Gasteiger partial charge is 0.366 e. The average molecular weight is 275 g/mol. The predicted octanol–water partition coefficient (Wildman–Crippen LogP) is 1.26. The first-order valence-electron chi connectivity index (χ1n) is 6.50. The second-order valence-corrected chi connectivity index (χ2v) is 4.90. The molecule has 6 heteroatoms. The van der Waals surface area contributed by atoms with Crippen molar-refractivity contribution in [1.82, 2.24) is 5.32 Å². The summed E-state index contributed by atoms with van der Waals surface area (Å²) in [5.41, 5.74) is 5.92. The van der Waals surface area contributed by atoms with Gasteiger partial charge in [0.15, 0.2) is 0 Å². The molecule has 1 aliphatic rings. The van der Waals surface area contributed by atoms with Crippen LogP contribution in [0.2, 0.25) is 0 Å². The Hall–Kier alpha value is -2.37. The molecule has 0 bridgehead atoms. The SMILES string of the molecule is CCC(C)C1NC(=O)N(c2ccc(C(N)=O)cc2)C1=O. The fourth-order valence-electron chi connectivity index (χ4n) is 2.14. The molecule has 0 saturated carbocycles. The van der Waals surface area contributed by atoms with E-state index in [4.69, 9.17) is 5.73 Å². The third-order valence-corrected chi connectivity index (χ3v) is 3.59. The number of imide groups is 1. The van der Waals surface area contributed by atoms with E-state index in [9.17, 15) is 14.4 Å². The molecule has 6 nitrogen and oxygen atoms in total. The summed E-state index contributed by atoms with van der Waals surface area (Å²) in [6.45, 7) is 3.89. The van der Waals surface area contributed by atoms with Gasteiger partial charge in [0.25, 0.3) is 5.91 Å². The van der Waals surface area contributed by atoms with Gasteiger partial charge in [-0.25, -0.2) is 9.69 Å². The Kier molecular flexibility index (Phi) is 3.74. The number of primary amides is 1. The number of rotatable bonds is 4. The summed E-state index contributed by atoms with van der Waals surface area (Å²) < 4.78 is 0. The smallest absolute Gasteiger partial charge is 0.329 e. The second-order valence-electron chi connectivity index (χ2n) is 4.90. The van der Waals surface area contributed by atoms with E-state index in [0.29, 0.717) is 11.3 Å². The van der Waals surface area contributed by atoms with Crippen LogP contribution in [-0.4, -0.2) is 23.9 Å². The summed E-state index contributed by atoms with van der Waals surface area (Å²) >= 11 is 0. The van der Waals surface area contributed by atoms with Gasteiger partial charge in [0, 0.05) is 5.56 Å². The maximum absolute atomic E-state index is 12.3. The van der Waals surface area contributed by atoms with E-state index in [2.05, 4.69) is 5.32 Å². The molecule has 106 valence electrons. The number of nitrogens with one attached hydrogen (secondary N) is 1. The Bertz CT molecular complexity index is 553. The number of benzene rings is 1. The minimum Gasteiger partial charge on any atom is -0.366 e. The first-order valence-corrected chi connectivity index (χ1v) is 6.50. The molecule has 0 radical (unpaired) electrons. The standard InChI is InChI=1S/C14H17N3O3/c1-3-8(2)11-13(19)17(14(20)16-11)10-6-4-9(5-7-10)12(15)18/h4-8,11H,3H2,1-2H3,(H2,15,18)(H,16,20). The van der Waals surface area contributed by atoms with Gasteiger partial charge in [-0.05, 0) is 30.2 Å². The third-order valence-electron chi connectivity index (χ3n) is 3.59. The highest BCUT2D eigenvalue weighted by Crippen LogP contribution is 2.23. The lowest BCUT2D eigenvalue weighted by Gasteiger charge is -2.16. The zero-order valence-corrected chi connectivity index (χ0v) is 11.4. The molecule has 1 saturated heterocycles. The van der Waals surface area contributed by atoms with Crippen molar-refractivity contribution in [2.24, 2.45) is 11.7 Å². The fraction of sp³-hybridized carbons (Fsp3) is 0.357. The summed E-state index contributed by atoms with van der Waals surface area (Å²) in [4.78, 5) is 36.3. The van der Waals surface area contributed by atoms with Crippen LogP contribution in [0.1, 0.15) is 30.6 Å². The number of hydrogen-bond acceptors (Lipinski definition) is 3. The first-order chi connectivity index (χ1) is 9.45. The number of nitrogens with two attached hydrogens (primary N) is 1. The van der Waals surface area contributed by atoms with Crippen LogP contribution in [0.5, 0.6) is 0 Å². The molecular weight excluding hydrogens is 258 g/mol. The summed E-state index contributed by atoms with van der Waals surface area (Å²) in [7, 11) is 0. The zero-order valence-electron chi connectivity index (χ0n) is 11.4. The fourth-order valence-corrected chi connectivity index (χ4v) is 2.14. The van der Waals surface area contributed by atoms with E-state index in [0.717, 1.165) is 11.3 Å². The van der Waals surface area contributed by atoms with Crippen LogP contribution >= 0.6 is 0 Å². The van der Waals surface area contributed by atoms with Gasteiger partial charge in [-0.3, -0.25) is 9.59 Å². The Morgan fingerprint density at radius 2 is 1.95 bits per heavy atom. The van der Waals surface area contributed by atoms with Crippen LogP contribution in [0.15, 0.2) is 24.3 Å². The normalized spacial score (nSPS) is 19.9. The van der Waals surface area contributed by atoms with Crippen molar-refractivity contribution in [3.8, 4) is 0 Å². The van der Waals surface area contributed by atoms with Crippen LogP contribution in [0.25, 0.3) is 0 Å². The molecule has 3 N–H and O–H groups in total. The minimum absolute atomic E-state index is 0.0707. The molecular formula is C14H17N3O3. The van der Waals surface area contributed by atoms with E-state index in [1.807, 2.05) is 13.8 Å². The van der Waals surface area contributed by atoms with Gasteiger partial charge >= 0.3 is 6.03 Å². The van der Waals surface area contributed by atoms with Crippen LogP contribution in [-0.2, 0) is 4.79 Å². The Balaban J connectivity index is 2.26. The lowest BCUT2D eigenvalue weighted by Crippen LogP contribution is -2.35. The van der Waals surface area contributed by atoms with Crippen molar-refractivity contribution in [3.05, 3.63) is 29.8 Å². The number of urea groups is 1. The molecule has 1 aromatic rings. The lowest BCUT2D eigenvalue weighted by atomic mass is 9.99. The number of anilines is 1. The molecule has 20 heavy (non-hydrogen) atoms. The van der Waals surface area contributed by atoms with Gasteiger partial charge in [-0.15, -0.1) is 0 Å². The van der Waals surface area contributed by atoms with Gasteiger partial charge in [-0.1, -0.05) is 20.3 Å².